The molecule has 20 atom stereocenters. The molecule has 644 valence electrons. The smallest absolute Gasteiger partial charge is 0.224 e. The van der Waals surface area contributed by atoms with Gasteiger partial charge in [0.2, 0.25) is 47.3 Å². The lowest BCUT2D eigenvalue weighted by Gasteiger charge is -2.36. The molecule has 0 aromatic heterocycles. The Morgan fingerprint density at radius 3 is 0.562 bits per heavy atom. The van der Waals surface area contributed by atoms with Crippen LogP contribution in [0.2, 0.25) is 0 Å². The molecular weight excluding hydrogens is 1390 g/mol. The van der Waals surface area contributed by atoms with Crippen molar-refractivity contribution in [2.45, 2.75) is 442 Å². The quantitative estimate of drug-likeness (QED) is 0.0295. The van der Waals surface area contributed by atoms with Gasteiger partial charge < -0.3 is 42.5 Å². The largest absolute Gasteiger partial charge is 0.353 e. The molecule has 0 aliphatic heterocycles. The van der Waals surface area contributed by atoms with Gasteiger partial charge in [-0.3, -0.25) is 38.4 Å². The van der Waals surface area contributed by atoms with E-state index in [1.807, 2.05) is 0 Å². The lowest BCUT2D eigenvalue weighted by molar-refractivity contribution is -0.141. The van der Waals surface area contributed by atoms with Gasteiger partial charge in [-0.05, 0) is 249 Å². The fraction of sp³-hybridized carbons (Fsp3) is 0.917. The summed E-state index contributed by atoms with van der Waals surface area (Å²) in [6, 6.07) is 0.414. The number of nitrogens with one attached hydrogen (secondary N) is 8. The minimum atomic E-state index is -0.924. The average molecular weight is 1570 g/mol. The first-order valence-corrected chi connectivity index (χ1v) is 48.1. The molecule has 0 spiro atoms. The average Bonchev–Trinajstić information content (AvgIpc) is 0.814. The molecular formula is C96H172N8O8. The summed E-state index contributed by atoms with van der Waals surface area (Å²) < 4.78 is 0. The summed E-state index contributed by atoms with van der Waals surface area (Å²) in [6.07, 6.45) is 41.5. The van der Waals surface area contributed by atoms with Gasteiger partial charge in [0.05, 0.1) is 23.7 Å². The van der Waals surface area contributed by atoms with Crippen molar-refractivity contribution in [1.82, 2.24) is 42.5 Å². The van der Waals surface area contributed by atoms with Crippen LogP contribution < -0.4 is 42.5 Å². The minimum absolute atomic E-state index is 0.0161. The zero-order valence-corrected chi connectivity index (χ0v) is 74.5. The predicted molar refractivity (Wildman–Crippen MR) is 459 cm³/mol. The molecule has 0 aromatic rings. The number of hydrogen-bond donors (Lipinski definition) is 8. The fourth-order valence-electron chi connectivity index (χ4n) is 22.3. The summed E-state index contributed by atoms with van der Waals surface area (Å²) in [4.78, 5) is 115. The Balaban J connectivity index is 0.000000311. The second-order valence-corrected chi connectivity index (χ2v) is 39.6. The first kappa shape index (κ1) is 94.9. The Labute approximate surface area is 684 Å². The second-order valence-electron chi connectivity index (χ2n) is 39.6. The normalized spacial score (nSPS) is 31.8. The van der Waals surface area contributed by atoms with Crippen LogP contribution in [0.3, 0.4) is 0 Å². The van der Waals surface area contributed by atoms with E-state index in [4.69, 9.17) is 0 Å². The first-order chi connectivity index (χ1) is 53.7. The number of carbonyl (C=O) groups excluding carboxylic acids is 8. The summed E-state index contributed by atoms with van der Waals surface area (Å²) in [6.45, 7) is 36.6. The van der Waals surface area contributed by atoms with E-state index in [1.54, 1.807) is 0 Å². The molecule has 8 fully saturated rings. The van der Waals surface area contributed by atoms with Crippen molar-refractivity contribution in [3.05, 3.63) is 0 Å². The van der Waals surface area contributed by atoms with Crippen LogP contribution in [-0.2, 0) is 38.4 Å². The Morgan fingerprint density at radius 1 is 0.205 bits per heavy atom. The van der Waals surface area contributed by atoms with Gasteiger partial charge >= 0.3 is 0 Å². The summed E-state index contributed by atoms with van der Waals surface area (Å²) in [7, 11) is 0. The fourth-order valence-corrected chi connectivity index (χ4v) is 22.3. The first-order valence-electron chi connectivity index (χ1n) is 48.1. The van der Waals surface area contributed by atoms with Crippen molar-refractivity contribution in [3.63, 3.8) is 0 Å². The Bertz CT molecular complexity index is 2600. The second kappa shape index (κ2) is 49.2. The van der Waals surface area contributed by atoms with E-state index in [0.717, 1.165) is 218 Å². The monoisotopic (exact) mass is 1570 g/mol. The highest BCUT2D eigenvalue weighted by molar-refractivity contribution is 5.95. The van der Waals surface area contributed by atoms with E-state index in [-0.39, 0.29) is 121 Å². The lowest BCUT2D eigenvalue weighted by atomic mass is 9.76. The van der Waals surface area contributed by atoms with Crippen molar-refractivity contribution in [2.24, 2.45) is 118 Å². The molecule has 16 heteroatoms. The Hall–Kier alpha value is -4.24. The van der Waals surface area contributed by atoms with Crippen molar-refractivity contribution in [1.29, 1.82) is 0 Å². The number of hydrogen-bond acceptors (Lipinski definition) is 8. The van der Waals surface area contributed by atoms with Gasteiger partial charge in [0.25, 0.3) is 0 Å². The number of amides is 8. The maximum absolute atomic E-state index is 14.7. The highest BCUT2D eigenvalue weighted by Crippen LogP contribution is 2.41. The molecule has 0 aromatic carbocycles. The van der Waals surface area contributed by atoms with Crippen molar-refractivity contribution in [3.8, 4) is 0 Å². The molecule has 8 aliphatic rings. The molecule has 16 nitrogen and oxygen atoms in total. The van der Waals surface area contributed by atoms with Crippen molar-refractivity contribution in [2.75, 3.05) is 0 Å². The van der Waals surface area contributed by atoms with Gasteiger partial charge in [0.1, 0.15) is 0 Å². The lowest BCUT2D eigenvalue weighted by Crippen LogP contribution is -2.52. The molecule has 0 saturated heterocycles. The van der Waals surface area contributed by atoms with Crippen LogP contribution in [0.15, 0.2) is 0 Å². The third-order valence-corrected chi connectivity index (χ3v) is 32.3. The van der Waals surface area contributed by atoms with Crippen molar-refractivity contribution < 1.29 is 38.4 Å². The van der Waals surface area contributed by atoms with Crippen LogP contribution >= 0.6 is 0 Å². The minimum Gasteiger partial charge on any atom is -0.353 e. The van der Waals surface area contributed by atoms with E-state index in [0.29, 0.717) is 94.7 Å². The standard InChI is InChI=1S/2C48H86N4O4/c1-9-31(5)35-13-21-39(22-14-35)49-45(53)29-43(47(55)51-41-25-17-37(18-26-41)33(7)11-3)44(48(56)52-42-27-19-38(20-28-42)34(8)12-4)30-46(54)50-40-23-15-36(16-24-40)32(6)10-2;1-9-31(5)35-17-13-21-39(25-35)49-45(53)29-43(47(55)51-41-23-15-19-37(27-41)33(7)11-3)44(48(56)52-42-24-16-20-38(28-42)34(8)12-4)30-46(54)50-40-22-14-18-36(26-40)32(6)10-2/h2*31-44H,9-30H2,1-8H3,(H,49,53)(H,50,54)(H,51,55)(H,52,56). The SMILES string of the molecule is CCC(C)C1CCC(NC(=O)CC(C(=O)NC2CCC(C(C)CC)CC2)C(CC(=O)NC2CCC(C(C)CC)CC2)C(=O)NC2CCC(C(C)CC)CC2)CC1.CCC(C)C1CCCC(NC(=O)CC(C(=O)NC2CCCC(C(C)CC)C2)C(CC(=O)NC2CCCC(C(C)CC)C2)C(=O)NC2CCCC(C(C)CC)C2)C1. The third kappa shape index (κ3) is 30.3. The van der Waals surface area contributed by atoms with Gasteiger partial charge in [0, 0.05) is 74.0 Å². The van der Waals surface area contributed by atoms with Crippen LogP contribution in [0, 0.1) is 118 Å². The van der Waals surface area contributed by atoms with E-state index in [9.17, 15) is 38.4 Å². The van der Waals surface area contributed by atoms with Gasteiger partial charge in [-0.2, -0.15) is 0 Å². The van der Waals surface area contributed by atoms with Crippen LogP contribution in [-0.4, -0.2) is 95.6 Å². The molecule has 0 heterocycles. The highest BCUT2D eigenvalue weighted by atomic mass is 16.2. The summed E-state index contributed by atoms with van der Waals surface area (Å²) >= 11 is 0. The summed E-state index contributed by atoms with van der Waals surface area (Å²) in [5.74, 6) is 4.77. The van der Waals surface area contributed by atoms with E-state index in [1.165, 1.54) is 38.5 Å². The van der Waals surface area contributed by atoms with E-state index >= 15 is 0 Å². The van der Waals surface area contributed by atoms with Crippen LogP contribution in [0.25, 0.3) is 0 Å². The van der Waals surface area contributed by atoms with Crippen molar-refractivity contribution >= 4 is 47.3 Å². The molecule has 8 amide bonds. The summed E-state index contributed by atoms with van der Waals surface area (Å²) in [5.41, 5.74) is 0. The van der Waals surface area contributed by atoms with Crippen LogP contribution in [0.4, 0.5) is 0 Å². The molecule has 8 saturated carbocycles. The van der Waals surface area contributed by atoms with Crippen LogP contribution in [0.5, 0.6) is 0 Å². The van der Waals surface area contributed by atoms with E-state index in [2.05, 4.69) is 153 Å². The zero-order chi connectivity index (χ0) is 81.6. The highest BCUT2D eigenvalue weighted by Gasteiger charge is 2.44. The zero-order valence-electron chi connectivity index (χ0n) is 74.5. The summed E-state index contributed by atoms with van der Waals surface area (Å²) in [5, 5.41) is 26.7. The topological polar surface area (TPSA) is 233 Å². The molecule has 20 unspecified atom stereocenters. The maximum Gasteiger partial charge on any atom is 0.224 e. The molecule has 112 heavy (non-hydrogen) atoms. The number of carbonyl (C=O) groups is 8. The molecule has 8 rings (SSSR count). The predicted octanol–water partition coefficient (Wildman–Crippen LogP) is 19.8. The van der Waals surface area contributed by atoms with Gasteiger partial charge in [-0.15, -0.1) is 0 Å². The Morgan fingerprint density at radius 2 is 0.366 bits per heavy atom. The van der Waals surface area contributed by atoms with Crippen LogP contribution in [0.1, 0.15) is 393 Å². The van der Waals surface area contributed by atoms with Gasteiger partial charge in [-0.25, -0.2) is 0 Å². The molecule has 0 radical (unpaired) electrons. The maximum atomic E-state index is 14.7. The third-order valence-electron chi connectivity index (χ3n) is 32.3. The van der Waals surface area contributed by atoms with E-state index < -0.39 is 23.7 Å². The molecule has 0 bridgehead atoms. The molecule has 8 N–H and O–H groups in total. The molecule has 8 aliphatic carbocycles. The number of rotatable bonds is 38. The Kier molecular flexibility index (Phi) is 41.7. The van der Waals surface area contributed by atoms with Gasteiger partial charge in [-0.1, -0.05) is 214 Å². The van der Waals surface area contributed by atoms with Gasteiger partial charge in [0.15, 0.2) is 0 Å².